The van der Waals surface area contributed by atoms with Crippen molar-refractivity contribution in [2.24, 2.45) is 5.92 Å². The van der Waals surface area contributed by atoms with Crippen molar-refractivity contribution >= 4 is 41.0 Å². The minimum atomic E-state index is -0.710. The molecule has 6 nitrogen and oxygen atoms in total. The molecule has 8 heteroatoms. The molecule has 23 heavy (non-hydrogen) atoms. The summed E-state index contributed by atoms with van der Waals surface area (Å²) in [6.45, 7) is 4.28. The lowest BCUT2D eigenvalue weighted by atomic mass is 10.0. The van der Waals surface area contributed by atoms with Crippen LogP contribution in [0.3, 0.4) is 0 Å². The number of rotatable bonds is 4. The molecule has 0 spiro atoms. The Labute approximate surface area is 145 Å². The second-order valence-electron chi connectivity index (χ2n) is 6.05. The maximum Gasteiger partial charge on any atom is 0.328 e. The molecule has 2 heterocycles. The molecule has 1 fully saturated rings. The van der Waals surface area contributed by atoms with Crippen LogP contribution in [0.5, 0.6) is 0 Å². The van der Waals surface area contributed by atoms with Crippen LogP contribution in [0, 0.1) is 5.92 Å². The fourth-order valence-electron chi connectivity index (χ4n) is 3.12. The number of carbonyl (C=O) groups is 3. The molecule has 128 valence electrons. The van der Waals surface area contributed by atoms with E-state index in [9.17, 15) is 14.4 Å². The van der Waals surface area contributed by atoms with Gasteiger partial charge in [0.25, 0.3) is 5.91 Å². The summed E-state index contributed by atoms with van der Waals surface area (Å²) >= 11 is 11.8. The van der Waals surface area contributed by atoms with E-state index in [1.165, 1.54) is 16.9 Å². The Bertz CT molecular complexity index is 562. The number of methoxy groups -OCH3 is 1. The normalized spacial score (nSPS) is 23.0. The minimum Gasteiger partial charge on any atom is -0.467 e. The second-order valence-corrected chi connectivity index (χ2v) is 6.89. The van der Waals surface area contributed by atoms with Gasteiger partial charge in [0, 0.05) is 6.54 Å². The SMILES string of the molecule is COC(=O)[C@@H]1CCCN1C(=O)[C@H](C(C)C)N1CC(Cl)=C(Cl)C1=O. The van der Waals surface area contributed by atoms with E-state index >= 15 is 0 Å². The number of amides is 2. The number of carbonyl (C=O) groups excluding carboxylic acids is 3. The van der Waals surface area contributed by atoms with Gasteiger partial charge in [0.15, 0.2) is 0 Å². The molecular formula is C15H20Cl2N2O4. The van der Waals surface area contributed by atoms with E-state index in [-0.39, 0.29) is 28.4 Å². The lowest BCUT2D eigenvalue weighted by Crippen LogP contribution is -2.54. The molecule has 2 aliphatic rings. The third-order valence-corrected chi connectivity index (χ3v) is 5.02. The van der Waals surface area contributed by atoms with Crippen molar-refractivity contribution in [1.82, 2.24) is 9.80 Å². The molecule has 1 saturated heterocycles. The summed E-state index contributed by atoms with van der Waals surface area (Å²) in [7, 11) is 1.30. The van der Waals surface area contributed by atoms with E-state index in [0.717, 1.165) is 6.42 Å². The van der Waals surface area contributed by atoms with E-state index in [2.05, 4.69) is 0 Å². The van der Waals surface area contributed by atoms with Crippen LogP contribution < -0.4 is 0 Å². The molecule has 0 radical (unpaired) electrons. The second kappa shape index (κ2) is 7.09. The highest BCUT2D eigenvalue weighted by molar-refractivity contribution is 6.49. The van der Waals surface area contributed by atoms with Crippen LogP contribution in [0.15, 0.2) is 10.1 Å². The highest BCUT2D eigenvalue weighted by Gasteiger charge is 2.44. The predicted molar refractivity (Wildman–Crippen MR) is 85.8 cm³/mol. The first kappa shape index (κ1) is 18.1. The van der Waals surface area contributed by atoms with Gasteiger partial charge in [-0.05, 0) is 18.8 Å². The van der Waals surface area contributed by atoms with Crippen molar-refractivity contribution < 1.29 is 19.1 Å². The highest BCUT2D eigenvalue weighted by Crippen LogP contribution is 2.31. The maximum absolute atomic E-state index is 13.0. The molecule has 0 aromatic heterocycles. The number of likely N-dealkylation sites (tertiary alicyclic amines) is 1. The van der Waals surface area contributed by atoms with Crippen LogP contribution >= 0.6 is 23.2 Å². The number of esters is 1. The first-order valence-corrected chi connectivity index (χ1v) is 8.28. The number of hydrogen-bond acceptors (Lipinski definition) is 4. The third-order valence-electron chi connectivity index (χ3n) is 4.23. The van der Waals surface area contributed by atoms with Gasteiger partial charge in [-0.25, -0.2) is 4.79 Å². The van der Waals surface area contributed by atoms with E-state index in [1.54, 1.807) is 0 Å². The fraction of sp³-hybridized carbons (Fsp3) is 0.667. The highest BCUT2D eigenvalue weighted by atomic mass is 35.5. The molecule has 2 aliphatic heterocycles. The first-order chi connectivity index (χ1) is 10.8. The minimum absolute atomic E-state index is 0.0453. The van der Waals surface area contributed by atoms with E-state index in [0.29, 0.717) is 13.0 Å². The zero-order valence-corrected chi connectivity index (χ0v) is 14.9. The molecule has 0 unspecified atom stereocenters. The van der Waals surface area contributed by atoms with Crippen molar-refractivity contribution in [3.05, 3.63) is 10.1 Å². The quantitative estimate of drug-likeness (QED) is 0.714. The summed E-state index contributed by atoms with van der Waals surface area (Å²) in [6, 6.07) is -1.30. The van der Waals surface area contributed by atoms with Crippen LogP contribution in [0.2, 0.25) is 0 Å². The van der Waals surface area contributed by atoms with Crippen molar-refractivity contribution in [2.75, 3.05) is 20.2 Å². The fourth-order valence-corrected chi connectivity index (χ4v) is 3.50. The van der Waals surface area contributed by atoms with Crippen LogP contribution in [-0.2, 0) is 19.1 Å². The third kappa shape index (κ3) is 3.33. The van der Waals surface area contributed by atoms with Crippen molar-refractivity contribution in [1.29, 1.82) is 0 Å². The summed E-state index contributed by atoms with van der Waals surface area (Å²) in [5.41, 5.74) is 0. The van der Waals surface area contributed by atoms with Crippen LogP contribution in [0.1, 0.15) is 26.7 Å². The van der Waals surface area contributed by atoms with E-state index in [4.69, 9.17) is 27.9 Å². The Hall–Kier alpha value is -1.27. The smallest absolute Gasteiger partial charge is 0.328 e. The lowest BCUT2D eigenvalue weighted by Gasteiger charge is -2.34. The largest absolute Gasteiger partial charge is 0.467 e. The maximum atomic E-state index is 13.0. The summed E-state index contributed by atoms with van der Waals surface area (Å²) in [5, 5.41) is 0.192. The zero-order chi connectivity index (χ0) is 17.3. The molecule has 0 aromatic carbocycles. The predicted octanol–water partition coefficient (Wildman–Crippen LogP) is 1.71. The molecule has 0 aromatic rings. The van der Waals surface area contributed by atoms with Gasteiger partial charge in [-0.3, -0.25) is 9.59 Å². The molecule has 0 aliphatic carbocycles. The average Bonchev–Trinajstić information content (AvgIpc) is 3.08. The van der Waals surface area contributed by atoms with Gasteiger partial charge >= 0.3 is 5.97 Å². The number of hydrogen-bond donors (Lipinski definition) is 0. The van der Waals surface area contributed by atoms with Gasteiger partial charge in [-0.2, -0.15) is 0 Å². The van der Waals surface area contributed by atoms with Gasteiger partial charge in [-0.1, -0.05) is 37.0 Å². The molecule has 0 N–H and O–H groups in total. The van der Waals surface area contributed by atoms with Gasteiger partial charge in [0.2, 0.25) is 5.91 Å². The van der Waals surface area contributed by atoms with E-state index < -0.39 is 24.0 Å². The molecule has 0 bridgehead atoms. The summed E-state index contributed by atoms with van der Waals surface area (Å²) in [6.07, 6.45) is 1.29. The molecular weight excluding hydrogens is 343 g/mol. The van der Waals surface area contributed by atoms with E-state index in [1.807, 2.05) is 13.8 Å². The molecule has 2 amide bonds. The van der Waals surface area contributed by atoms with Crippen molar-refractivity contribution in [3.63, 3.8) is 0 Å². The monoisotopic (exact) mass is 362 g/mol. The molecule has 0 saturated carbocycles. The Morgan fingerprint density at radius 2 is 1.96 bits per heavy atom. The molecule has 2 atom stereocenters. The number of ether oxygens (including phenoxy) is 1. The Morgan fingerprint density at radius 1 is 1.30 bits per heavy atom. The van der Waals surface area contributed by atoms with Gasteiger partial charge in [0.1, 0.15) is 17.1 Å². The summed E-state index contributed by atoms with van der Waals surface area (Å²) < 4.78 is 4.77. The van der Waals surface area contributed by atoms with Gasteiger partial charge in [-0.15, -0.1) is 0 Å². The summed E-state index contributed by atoms with van der Waals surface area (Å²) in [4.78, 5) is 40.0. The average molecular weight is 363 g/mol. The Kier molecular flexibility index (Phi) is 5.57. The van der Waals surface area contributed by atoms with Gasteiger partial charge in [0.05, 0.1) is 18.7 Å². The Morgan fingerprint density at radius 3 is 2.43 bits per heavy atom. The topological polar surface area (TPSA) is 66.9 Å². The van der Waals surface area contributed by atoms with Crippen LogP contribution in [-0.4, -0.2) is 59.9 Å². The molecule has 2 rings (SSSR count). The van der Waals surface area contributed by atoms with Crippen molar-refractivity contribution in [2.45, 2.75) is 38.8 Å². The summed E-state index contributed by atoms with van der Waals surface area (Å²) in [5.74, 6) is -1.28. The zero-order valence-electron chi connectivity index (χ0n) is 13.3. The lowest BCUT2D eigenvalue weighted by molar-refractivity contribution is -0.154. The van der Waals surface area contributed by atoms with Crippen LogP contribution in [0.4, 0.5) is 0 Å². The van der Waals surface area contributed by atoms with Crippen molar-refractivity contribution in [3.8, 4) is 0 Å². The first-order valence-electron chi connectivity index (χ1n) is 7.53. The standard InChI is InChI=1S/C15H20Cl2N2O4/c1-8(2)12(19-7-9(16)11(17)13(19)20)14(21)18-6-4-5-10(18)15(22)23-3/h8,10,12H,4-7H2,1-3H3/t10-,12-/m0/s1. The van der Waals surface area contributed by atoms with Crippen LogP contribution in [0.25, 0.3) is 0 Å². The van der Waals surface area contributed by atoms with Gasteiger partial charge < -0.3 is 14.5 Å². The Balaban J connectivity index is 2.23. The number of halogens is 2. The number of nitrogens with zero attached hydrogens (tertiary/aromatic N) is 2.